The van der Waals surface area contributed by atoms with E-state index in [1.807, 2.05) is 18.2 Å². The molecule has 0 aliphatic carbocycles. The molecule has 2 heterocycles. The van der Waals surface area contributed by atoms with Crippen LogP contribution in [0.1, 0.15) is 44.1 Å². The zero-order chi connectivity index (χ0) is 15.2. The van der Waals surface area contributed by atoms with Crippen LogP contribution in [-0.2, 0) is 16.0 Å². The maximum atomic E-state index is 12.0. The van der Waals surface area contributed by atoms with Gasteiger partial charge in [0.05, 0.1) is 6.61 Å². The predicted octanol–water partition coefficient (Wildman–Crippen LogP) is 3.43. The van der Waals surface area contributed by atoms with Crippen LogP contribution < -0.4 is 0 Å². The summed E-state index contributed by atoms with van der Waals surface area (Å²) in [5.41, 5.74) is 1.20. The first kappa shape index (κ1) is 15.5. The molecule has 1 aromatic carbocycles. The van der Waals surface area contributed by atoms with Crippen molar-refractivity contribution in [2.24, 2.45) is 5.92 Å². The highest BCUT2D eigenvalue weighted by molar-refractivity contribution is 5.69. The van der Waals surface area contributed by atoms with Gasteiger partial charge >= 0.3 is 5.97 Å². The number of aryl methyl sites for hydroxylation is 1. The molecule has 120 valence electrons. The second kappa shape index (κ2) is 7.77. The van der Waals surface area contributed by atoms with E-state index in [0.717, 1.165) is 6.42 Å². The minimum Gasteiger partial charge on any atom is -0.465 e. The minimum absolute atomic E-state index is 0.0446. The predicted molar refractivity (Wildman–Crippen MR) is 87.7 cm³/mol. The Morgan fingerprint density at radius 1 is 1.09 bits per heavy atom. The average molecular weight is 301 g/mol. The van der Waals surface area contributed by atoms with Gasteiger partial charge in [0.15, 0.2) is 0 Å². The summed E-state index contributed by atoms with van der Waals surface area (Å²) in [6.07, 6.45) is 7.69. The van der Waals surface area contributed by atoms with Gasteiger partial charge < -0.3 is 4.74 Å². The molecule has 3 heteroatoms. The van der Waals surface area contributed by atoms with Crippen LogP contribution in [0.2, 0.25) is 0 Å². The van der Waals surface area contributed by atoms with Gasteiger partial charge in [-0.3, -0.25) is 9.69 Å². The fourth-order valence-corrected chi connectivity index (χ4v) is 3.93. The van der Waals surface area contributed by atoms with Crippen molar-refractivity contribution in [3.05, 3.63) is 35.9 Å². The third kappa shape index (κ3) is 4.10. The maximum absolute atomic E-state index is 12.0. The zero-order valence-electron chi connectivity index (χ0n) is 13.4. The van der Waals surface area contributed by atoms with Gasteiger partial charge in [0.25, 0.3) is 0 Å². The van der Waals surface area contributed by atoms with Crippen LogP contribution in [0.4, 0.5) is 0 Å². The summed E-state index contributed by atoms with van der Waals surface area (Å²) in [6.45, 7) is 3.10. The lowest BCUT2D eigenvalue weighted by atomic mass is 9.84. The van der Waals surface area contributed by atoms with Crippen LogP contribution in [0.3, 0.4) is 0 Å². The van der Waals surface area contributed by atoms with Gasteiger partial charge in [-0.25, -0.2) is 0 Å². The molecule has 0 aromatic heterocycles. The van der Waals surface area contributed by atoms with E-state index >= 15 is 0 Å². The van der Waals surface area contributed by atoms with Crippen LogP contribution in [-0.4, -0.2) is 36.6 Å². The van der Waals surface area contributed by atoms with Crippen molar-refractivity contribution in [1.82, 2.24) is 4.90 Å². The second-order valence-corrected chi connectivity index (χ2v) is 6.67. The van der Waals surface area contributed by atoms with Crippen molar-refractivity contribution in [2.45, 2.75) is 51.0 Å². The molecular formula is C19H27NO2. The molecule has 0 saturated carbocycles. The second-order valence-electron chi connectivity index (χ2n) is 6.67. The van der Waals surface area contributed by atoms with Crippen molar-refractivity contribution in [3.63, 3.8) is 0 Å². The van der Waals surface area contributed by atoms with E-state index < -0.39 is 0 Å². The topological polar surface area (TPSA) is 29.5 Å². The Labute approximate surface area is 133 Å². The van der Waals surface area contributed by atoms with Crippen LogP contribution in [0.5, 0.6) is 0 Å². The quantitative estimate of drug-likeness (QED) is 0.780. The summed E-state index contributed by atoms with van der Waals surface area (Å²) in [7, 11) is 0. The van der Waals surface area contributed by atoms with Gasteiger partial charge in [-0.05, 0) is 50.8 Å². The number of esters is 1. The number of piperidine rings is 2. The van der Waals surface area contributed by atoms with E-state index in [9.17, 15) is 4.79 Å². The number of hydrogen-bond acceptors (Lipinski definition) is 3. The molecule has 2 saturated heterocycles. The van der Waals surface area contributed by atoms with Crippen LogP contribution in [0.25, 0.3) is 0 Å². The molecule has 0 N–H and O–H groups in total. The fourth-order valence-electron chi connectivity index (χ4n) is 3.93. The SMILES string of the molecule is O=C(CCc1ccccc1)OCC1CCCN2CCCCC12. The van der Waals surface area contributed by atoms with Gasteiger partial charge in [-0.1, -0.05) is 36.8 Å². The highest BCUT2D eigenvalue weighted by atomic mass is 16.5. The number of rotatable bonds is 5. The molecule has 2 aliphatic rings. The third-order valence-corrected chi connectivity index (χ3v) is 5.15. The maximum Gasteiger partial charge on any atom is 0.306 e. The number of carbonyl (C=O) groups excluding carboxylic acids is 1. The Morgan fingerprint density at radius 2 is 1.91 bits per heavy atom. The number of ether oxygens (including phenoxy) is 1. The summed E-state index contributed by atoms with van der Waals surface area (Å²) >= 11 is 0. The largest absolute Gasteiger partial charge is 0.465 e. The van der Waals surface area contributed by atoms with Crippen molar-refractivity contribution in [3.8, 4) is 0 Å². The van der Waals surface area contributed by atoms with Gasteiger partial charge in [-0.15, -0.1) is 0 Å². The van der Waals surface area contributed by atoms with E-state index in [1.54, 1.807) is 0 Å². The molecule has 0 spiro atoms. The van der Waals surface area contributed by atoms with Gasteiger partial charge in [0.1, 0.15) is 0 Å². The number of carbonyl (C=O) groups is 1. The number of fused-ring (bicyclic) bond motifs is 1. The van der Waals surface area contributed by atoms with E-state index in [2.05, 4.69) is 17.0 Å². The molecule has 3 nitrogen and oxygen atoms in total. The number of nitrogens with zero attached hydrogens (tertiary/aromatic N) is 1. The smallest absolute Gasteiger partial charge is 0.306 e. The Bertz CT molecular complexity index is 472. The first-order valence-corrected chi connectivity index (χ1v) is 8.76. The highest BCUT2D eigenvalue weighted by Crippen LogP contribution is 2.31. The van der Waals surface area contributed by atoms with Crippen LogP contribution >= 0.6 is 0 Å². The van der Waals surface area contributed by atoms with Crippen LogP contribution in [0, 0.1) is 5.92 Å². The Kier molecular flexibility index (Phi) is 5.49. The molecule has 2 fully saturated rings. The molecule has 0 radical (unpaired) electrons. The monoisotopic (exact) mass is 301 g/mol. The van der Waals surface area contributed by atoms with Crippen molar-refractivity contribution >= 4 is 5.97 Å². The average Bonchev–Trinajstić information content (AvgIpc) is 2.59. The van der Waals surface area contributed by atoms with Gasteiger partial charge in [0, 0.05) is 18.4 Å². The molecule has 22 heavy (non-hydrogen) atoms. The van der Waals surface area contributed by atoms with Crippen LogP contribution in [0.15, 0.2) is 30.3 Å². The Morgan fingerprint density at radius 3 is 2.77 bits per heavy atom. The molecular weight excluding hydrogens is 274 g/mol. The summed E-state index contributed by atoms with van der Waals surface area (Å²) in [5, 5.41) is 0. The summed E-state index contributed by atoms with van der Waals surface area (Å²) in [5.74, 6) is 0.506. The van der Waals surface area contributed by atoms with E-state index in [1.165, 1.54) is 50.8 Å². The van der Waals surface area contributed by atoms with E-state index in [0.29, 0.717) is 25.0 Å². The van der Waals surface area contributed by atoms with E-state index in [4.69, 9.17) is 4.74 Å². The van der Waals surface area contributed by atoms with Gasteiger partial charge in [-0.2, -0.15) is 0 Å². The van der Waals surface area contributed by atoms with Gasteiger partial charge in [0.2, 0.25) is 0 Å². The summed E-state index contributed by atoms with van der Waals surface area (Å²) < 4.78 is 5.59. The number of benzene rings is 1. The summed E-state index contributed by atoms with van der Waals surface area (Å²) in [6, 6.07) is 10.8. The lowest BCUT2D eigenvalue weighted by Crippen LogP contribution is -2.49. The lowest BCUT2D eigenvalue weighted by molar-refractivity contribution is -0.146. The van der Waals surface area contributed by atoms with E-state index in [-0.39, 0.29) is 5.97 Å². The minimum atomic E-state index is -0.0446. The first-order valence-electron chi connectivity index (χ1n) is 8.76. The molecule has 2 unspecified atom stereocenters. The normalized spacial score (nSPS) is 25.5. The Balaban J connectivity index is 1.42. The molecule has 3 rings (SSSR count). The molecule has 2 atom stereocenters. The molecule has 2 aliphatic heterocycles. The standard InChI is InChI=1S/C19H27NO2/c21-19(12-11-16-7-2-1-3-8-16)22-15-17-9-6-14-20-13-5-4-10-18(17)20/h1-3,7-8,17-18H,4-6,9-15H2. The Hall–Kier alpha value is -1.35. The lowest BCUT2D eigenvalue weighted by Gasteiger charge is -2.44. The third-order valence-electron chi connectivity index (χ3n) is 5.15. The fraction of sp³-hybridized carbons (Fsp3) is 0.632. The summed E-state index contributed by atoms with van der Waals surface area (Å²) in [4.78, 5) is 14.6. The molecule has 0 bridgehead atoms. The zero-order valence-corrected chi connectivity index (χ0v) is 13.4. The first-order chi connectivity index (χ1) is 10.8. The molecule has 1 aromatic rings. The van der Waals surface area contributed by atoms with Crippen molar-refractivity contribution < 1.29 is 9.53 Å². The number of hydrogen-bond donors (Lipinski definition) is 0. The van der Waals surface area contributed by atoms with Crippen molar-refractivity contribution in [2.75, 3.05) is 19.7 Å². The molecule has 0 amide bonds. The highest BCUT2D eigenvalue weighted by Gasteiger charge is 2.33. The van der Waals surface area contributed by atoms with Crippen molar-refractivity contribution in [1.29, 1.82) is 0 Å².